The molecule has 138 valence electrons. The van der Waals surface area contributed by atoms with Crippen LogP contribution in [0.5, 0.6) is 0 Å². The van der Waals surface area contributed by atoms with E-state index in [4.69, 9.17) is 11.6 Å². The van der Waals surface area contributed by atoms with Crippen LogP contribution < -0.4 is 15.5 Å². The number of likely N-dealkylation sites (N-methyl/N-ethyl adjacent to an activating group) is 1. The smallest absolute Gasteiger partial charge is 0.279 e. The average molecular weight is 375 g/mol. The number of halogens is 1. The average Bonchev–Trinajstić information content (AvgIpc) is 2.58. The van der Waals surface area contributed by atoms with Crippen molar-refractivity contribution >= 4 is 29.1 Å². The standard InChI is InChI=1S/C20H24ClN3O2/c1-14-5-4-6-18(15(14)2)23-20(26)13-24(3)12-19(25)22-11-16-7-9-17(21)10-8-16/h4-10H,11-13H2,1-3H3,(H,22,25)(H,23,26)/p+1. The van der Waals surface area contributed by atoms with E-state index < -0.39 is 0 Å². The van der Waals surface area contributed by atoms with Gasteiger partial charge in [-0.2, -0.15) is 0 Å². The van der Waals surface area contributed by atoms with Gasteiger partial charge in [0.25, 0.3) is 11.8 Å². The third kappa shape index (κ3) is 6.17. The summed E-state index contributed by atoms with van der Waals surface area (Å²) in [5, 5.41) is 6.43. The van der Waals surface area contributed by atoms with E-state index in [9.17, 15) is 9.59 Å². The molecule has 1 unspecified atom stereocenters. The number of benzene rings is 2. The zero-order valence-corrected chi connectivity index (χ0v) is 16.1. The summed E-state index contributed by atoms with van der Waals surface area (Å²) in [6.45, 7) is 4.88. The number of quaternary nitrogens is 1. The van der Waals surface area contributed by atoms with Gasteiger partial charge in [-0.1, -0.05) is 35.9 Å². The molecule has 0 fully saturated rings. The minimum absolute atomic E-state index is 0.100. The monoisotopic (exact) mass is 374 g/mol. The second-order valence-corrected chi connectivity index (χ2v) is 6.95. The molecule has 0 radical (unpaired) electrons. The minimum Gasteiger partial charge on any atom is -0.347 e. The van der Waals surface area contributed by atoms with E-state index in [1.165, 1.54) is 0 Å². The van der Waals surface area contributed by atoms with E-state index in [1.54, 1.807) is 12.1 Å². The first-order valence-electron chi connectivity index (χ1n) is 8.53. The first kappa shape index (κ1) is 19.9. The van der Waals surface area contributed by atoms with Gasteiger partial charge in [0.1, 0.15) is 0 Å². The van der Waals surface area contributed by atoms with Crippen molar-refractivity contribution in [3.8, 4) is 0 Å². The molecule has 2 rings (SSSR count). The molecule has 6 heteroatoms. The molecule has 0 heterocycles. The van der Waals surface area contributed by atoms with Crippen LogP contribution in [0.15, 0.2) is 42.5 Å². The van der Waals surface area contributed by atoms with Gasteiger partial charge in [0.2, 0.25) is 0 Å². The maximum absolute atomic E-state index is 12.2. The Labute approximate surface area is 159 Å². The van der Waals surface area contributed by atoms with Crippen LogP contribution in [0.1, 0.15) is 16.7 Å². The summed E-state index contributed by atoms with van der Waals surface area (Å²) >= 11 is 5.84. The van der Waals surface area contributed by atoms with E-state index in [0.717, 1.165) is 27.3 Å². The number of anilines is 1. The minimum atomic E-state index is -0.110. The Bertz CT molecular complexity index is 775. The lowest BCUT2D eigenvalue weighted by Gasteiger charge is -2.15. The molecule has 1 atom stereocenters. The Morgan fingerprint density at radius 3 is 2.35 bits per heavy atom. The van der Waals surface area contributed by atoms with E-state index in [1.807, 2.05) is 51.2 Å². The van der Waals surface area contributed by atoms with Crippen molar-refractivity contribution in [2.24, 2.45) is 0 Å². The SMILES string of the molecule is Cc1cccc(NC(=O)C[NH+](C)CC(=O)NCc2ccc(Cl)cc2)c1C. The van der Waals surface area contributed by atoms with Crippen LogP contribution in [0.2, 0.25) is 5.02 Å². The lowest BCUT2D eigenvalue weighted by atomic mass is 10.1. The molecule has 2 aromatic rings. The molecule has 0 saturated heterocycles. The lowest BCUT2D eigenvalue weighted by Crippen LogP contribution is -3.11. The molecule has 2 aromatic carbocycles. The fourth-order valence-electron chi connectivity index (χ4n) is 2.56. The number of hydrogen-bond acceptors (Lipinski definition) is 2. The summed E-state index contributed by atoms with van der Waals surface area (Å²) in [6, 6.07) is 13.1. The summed E-state index contributed by atoms with van der Waals surface area (Å²) in [4.78, 5) is 25.1. The number of carbonyl (C=O) groups is 2. The molecule has 0 aromatic heterocycles. The van der Waals surface area contributed by atoms with Gasteiger partial charge in [-0.05, 0) is 48.7 Å². The van der Waals surface area contributed by atoms with Crippen molar-refractivity contribution in [3.63, 3.8) is 0 Å². The number of nitrogens with one attached hydrogen (secondary N) is 3. The van der Waals surface area contributed by atoms with Crippen LogP contribution in [0.4, 0.5) is 5.69 Å². The van der Waals surface area contributed by atoms with E-state index in [-0.39, 0.29) is 24.9 Å². The lowest BCUT2D eigenvalue weighted by molar-refractivity contribution is -0.862. The van der Waals surface area contributed by atoms with Crippen LogP contribution in [0.25, 0.3) is 0 Å². The molecule has 5 nitrogen and oxygen atoms in total. The quantitative estimate of drug-likeness (QED) is 0.691. The fraction of sp³-hybridized carbons (Fsp3) is 0.300. The predicted octanol–water partition coefficient (Wildman–Crippen LogP) is 1.73. The first-order valence-corrected chi connectivity index (χ1v) is 8.91. The van der Waals surface area contributed by atoms with Gasteiger partial charge in [0.15, 0.2) is 13.1 Å². The van der Waals surface area contributed by atoms with Crippen molar-refractivity contribution in [1.29, 1.82) is 0 Å². The highest BCUT2D eigenvalue weighted by Crippen LogP contribution is 2.17. The summed E-state index contributed by atoms with van der Waals surface area (Å²) in [7, 11) is 1.82. The van der Waals surface area contributed by atoms with Crippen LogP contribution in [0.3, 0.4) is 0 Å². The largest absolute Gasteiger partial charge is 0.347 e. The molecule has 26 heavy (non-hydrogen) atoms. The molecule has 2 amide bonds. The Kier molecular flexibility index (Phi) is 7.18. The Morgan fingerprint density at radius 1 is 1.00 bits per heavy atom. The van der Waals surface area contributed by atoms with Crippen LogP contribution in [0, 0.1) is 13.8 Å². The normalized spacial score (nSPS) is 11.7. The Morgan fingerprint density at radius 2 is 1.65 bits per heavy atom. The maximum atomic E-state index is 12.2. The summed E-state index contributed by atoms with van der Waals surface area (Å²) in [5.41, 5.74) is 3.98. The molecule has 0 aliphatic heterocycles. The third-order valence-corrected chi connectivity index (χ3v) is 4.46. The topological polar surface area (TPSA) is 62.6 Å². The number of hydrogen-bond donors (Lipinski definition) is 3. The molecule has 0 spiro atoms. The van der Waals surface area contributed by atoms with Crippen LogP contribution in [-0.2, 0) is 16.1 Å². The van der Waals surface area contributed by atoms with E-state index in [0.29, 0.717) is 11.6 Å². The Hall–Kier alpha value is -2.37. The van der Waals surface area contributed by atoms with Crippen molar-refractivity contribution in [2.75, 3.05) is 25.5 Å². The summed E-state index contributed by atoms with van der Waals surface area (Å²) in [6.07, 6.45) is 0. The van der Waals surface area contributed by atoms with Crippen LogP contribution >= 0.6 is 11.6 Å². The van der Waals surface area contributed by atoms with Crippen molar-refractivity contribution < 1.29 is 14.5 Å². The van der Waals surface area contributed by atoms with E-state index >= 15 is 0 Å². The summed E-state index contributed by atoms with van der Waals surface area (Å²) < 4.78 is 0. The van der Waals surface area contributed by atoms with Crippen molar-refractivity contribution in [1.82, 2.24) is 5.32 Å². The highest BCUT2D eigenvalue weighted by Gasteiger charge is 2.15. The van der Waals surface area contributed by atoms with Crippen molar-refractivity contribution in [2.45, 2.75) is 20.4 Å². The van der Waals surface area contributed by atoms with Crippen molar-refractivity contribution in [3.05, 3.63) is 64.2 Å². The predicted molar refractivity (Wildman–Crippen MR) is 104 cm³/mol. The Balaban J connectivity index is 1.77. The second-order valence-electron chi connectivity index (χ2n) is 6.51. The van der Waals surface area contributed by atoms with Gasteiger partial charge in [-0.15, -0.1) is 0 Å². The highest BCUT2D eigenvalue weighted by atomic mass is 35.5. The summed E-state index contributed by atoms with van der Waals surface area (Å²) in [5.74, 6) is -0.210. The van der Waals surface area contributed by atoms with Gasteiger partial charge >= 0.3 is 0 Å². The van der Waals surface area contributed by atoms with Crippen LogP contribution in [-0.4, -0.2) is 32.0 Å². The van der Waals surface area contributed by atoms with Gasteiger partial charge in [0.05, 0.1) is 7.05 Å². The number of carbonyl (C=O) groups excluding carboxylic acids is 2. The molecular formula is C20H25ClN3O2+. The molecular weight excluding hydrogens is 350 g/mol. The van der Waals surface area contributed by atoms with Gasteiger partial charge in [-0.25, -0.2) is 0 Å². The molecule has 0 aliphatic carbocycles. The highest BCUT2D eigenvalue weighted by molar-refractivity contribution is 6.30. The van der Waals surface area contributed by atoms with E-state index in [2.05, 4.69) is 10.6 Å². The number of amides is 2. The molecule has 0 saturated carbocycles. The molecule has 0 bridgehead atoms. The zero-order valence-electron chi connectivity index (χ0n) is 15.4. The third-order valence-electron chi connectivity index (χ3n) is 4.21. The van der Waals surface area contributed by atoms with Gasteiger partial charge in [0, 0.05) is 17.3 Å². The molecule has 0 aliphatic rings. The van der Waals surface area contributed by atoms with Gasteiger partial charge < -0.3 is 15.5 Å². The van der Waals surface area contributed by atoms with Gasteiger partial charge in [-0.3, -0.25) is 9.59 Å². The number of aryl methyl sites for hydroxylation is 1. The number of rotatable bonds is 7. The maximum Gasteiger partial charge on any atom is 0.279 e. The fourth-order valence-corrected chi connectivity index (χ4v) is 2.68. The second kappa shape index (κ2) is 9.36. The first-order chi connectivity index (χ1) is 12.3. The molecule has 3 N–H and O–H groups in total. The zero-order chi connectivity index (χ0) is 19.1.